The van der Waals surface area contributed by atoms with E-state index in [9.17, 15) is 0 Å². The summed E-state index contributed by atoms with van der Waals surface area (Å²) in [7, 11) is 0. The monoisotopic (exact) mass is 257 g/mol. The molecule has 2 rings (SSSR count). The molecule has 0 aliphatic heterocycles. The third-order valence-electron chi connectivity index (χ3n) is 3.39. The molecule has 0 aliphatic rings. The molecule has 0 saturated carbocycles. The maximum atomic E-state index is 6.24. The summed E-state index contributed by atoms with van der Waals surface area (Å²) in [6.07, 6.45) is 1.97. The standard InChI is InChI=1S/C16H23N3/c17-9-3-10-19-11-8-16(18)15-7-6-13-4-1-2-5-14(13)12-15/h1-2,4-7,12,16,19H,3,8-11,17-18H2. The minimum atomic E-state index is 0.0926. The van der Waals surface area contributed by atoms with Crippen LogP contribution in [0.15, 0.2) is 42.5 Å². The third-order valence-corrected chi connectivity index (χ3v) is 3.39. The lowest BCUT2D eigenvalue weighted by atomic mass is 10.0. The maximum absolute atomic E-state index is 6.24. The maximum Gasteiger partial charge on any atom is 0.0307 e. The van der Waals surface area contributed by atoms with Gasteiger partial charge in [0, 0.05) is 6.04 Å². The second-order valence-corrected chi connectivity index (χ2v) is 4.89. The van der Waals surface area contributed by atoms with Crippen LogP contribution in [-0.4, -0.2) is 19.6 Å². The van der Waals surface area contributed by atoms with Crippen LogP contribution < -0.4 is 16.8 Å². The van der Waals surface area contributed by atoms with E-state index in [4.69, 9.17) is 11.5 Å². The minimum Gasteiger partial charge on any atom is -0.330 e. The molecule has 0 saturated heterocycles. The van der Waals surface area contributed by atoms with Crippen LogP contribution >= 0.6 is 0 Å². The summed E-state index contributed by atoms with van der Waals surface area (Å²) in [6.45, 7) is 2.65. The molecule has 0 radical (unpaired) electrons. The smallest absolute Gasteiger partial charge is 0.0307 e. The zero-order valence-electron chi connectivity index (χ0n) is 11.3. The van der Waals surface area contributed by atoms with Crippen molar-refractivity contribution in [1.82, 2.24) is 5.32 Å². The van der Waals surface area contributed by atoms with Crippen LogP contribution in [0.3, 0.4) is 0 Å². The second kappa shape index (κ2) is 7.24. The summed E-state index contributed by atoms with van der Waals surface area (Å²) in [4.78, 5) is 0. The highest BCUT2D eigenvalue weighted by Crippen LogP contribution is 2.20. The Bertz CT molecular complexity index is 510. The Labute approximate surface area is 115 Å². The molecule has 1 atom stereocenters. The molecule has 2 aromatic rings. The van der Waals surface area contributed by atoms with Crippen molar-refractivity contribution in [3.63, 3.8) is 0 Å². The van der Waals surface area contributed by atoms with Crippen LogP contribution in [0.4, 0.5) is 0 Å². The van der Waals surface area contributed by atoms with E-state index in [1.807, 2.05) is 0 Å². The first-order valence-electron chi connectivity index (χ1n) is 6.96. The van der Waals surface area contributed by atoms with E-state index in [2.05, 4.69) is 47.8 Å². The number of nitrogens with two attached hydrogens (primary N) is 2. The van der Waals surface area contributed by atoms with Gasteiger partial charge >= 0.3 is 0 Å². The molecule has 2 aromatic carbocycles. The fraction of sp³-hybridized carbons (Fsp3) is 0.375. The van der Waals surface area contributed by atoms with E-state index in [1.165, 1.54) is 16.3 Å². The number of hydrogen-bond acceptors (Lipinski definition) is 3. The summed E-state index contributed by atoms with van der Waals surface area (Å²) < 4.78 is 0. The van der Waals surface area contributed by atoms with Crippen LogP contribution in [0.5, 0.6) is 0 Å². The SMILES string of the molecule is NCCCNCCC(N)c1ccc2ccccc2c1. The first-order valence-corrected chi connectivity index (χ1v) is 6.96. The Balaban J connectivity index is 1.91. The van der Waals surface area contributed by atoms with Gasteiger partial charge in [0.15, 0.2) is 0 Å². The third kappa shape index (κ3) is 4.03. The quantitative estimate of drug-likeness (QED) is 0.666. The van der Waals surface area contributed by atoms with Gasteiger partial charge in [-0.1, -0.05) is 36.4 Å². The van der Waals surface area contributed by atoms with Crippen LogP contribution in [-0.2, 0) is 0 Å². The zero-order valence-corrected chi connectivity index (χ0v) is 11.3. The molecule has 0 aliphatic carbocycles. The fourth-order valence-corrected chi connectivity index (χ4v) is 2.21. The lowest BCUT2D eigenvalue weighted by molar-refractivity contribution is 0.572. The Morgan fingerprint density at radius 1 is 1.00 bits per heavy atom. The second-order valence-electron chi connectivity index (χ2n) is 4.89. The van der Waals surface area contributed by atoms with Crippen molar-refractivity contribution >= 4 is 10.8 Å². The molecule has 5 N–H and O–H groups in total. The molecule has 0 fully saturated rings. The molecule has 0 spiro atoms. The highest BCUT2D eigenvalue weighted by Gasteiger charge is 2.06. The highest BCUT2D eigenvalue weighted by molar-refractivity contribution is 5.83. The average molecular weight is 257 g/mol. The topological polar surface area (TPSA) is 64.1 Å². The van der Waals surface area contributed by atoms with E-state index in [0.29, 0.717) is 0 Å². The Hall–Kier alpha value is -1.42. The number of fused-ring (bicyclic) bond motifs is 1. The highest BCUT2D eigenvalue weighted by atomic mass is 14.9. The van der Waals surface area contributed by atoms with Crippen molar-refractivity contribution in [2.75, 3.05) is 19.6 Å². The molecule has 3 heteroatoms. The van der Waals surface area contributed by atoms with Crippen LogP contribution in [0, 0.1) is 0 Å². The lowest BCUT2D eigenvalue weighted by Gasteiger charge is -2.13. The molecule has 0 amide bonds. The van der Waals surface area contributed by atoms with Gasteiger partial charge in [0.05, 0.1) is 0 Å². The summed E-state index contributed by atoms with van der Waals surface area (Å²) >= 11 is 0. The van der Waals surface area contributed by atoms with Gasteiger partial charge in [0.1, 0.15) is 0 Å². The van der Waals surface area contributed by atoms with Crippen LogP contribution in [0.1, 0.15) is 24.4 Å². The zero-order chi connectivity index (χ0) is 13.5. The summed E-state index contributed by atoms with van der Waals surface area (Å²) in [5, 5.41) is 5.88. The van der Waals surface area contributed by atoms with Crippen LogP contribution in [0.25, 0.3) is 10.8 Å². The van der Waals surface area contributed by atoms with Crippen molar-refractivity contribution in [2.45, 2.75) is 18.9 Å². The molecule has 0 bridgehead atoms. The minimum absolute atomic E-state index is 0.0926. The van der Waals surface area contributed by atoms with Crippen molar-refractivity contribution in [3.05, 3.63) is 48.0 Å². The summed E-state index contributed by atoms with van der Waals surface area (Å²) in [5.41, 5.74) is 12.9. The van der Waals surface area contributed by atoms with Crippen molar-refractivity contribution in [1.29, 1.82) is 0 Å². The molecule has 1 unspecified atom stereocenters. The van der Waals surface area contributed by atoms with Gasteiger partial charge in [-0.25, -0.2) is 0 Å². The molecular weight excluding hydrogens is 234 g/mol. The van der Waals surface area contributed by atoms with Gasteiger partial charge in [-0.05, 0) is 54.9 Å². The van der Waals surface area contributed by atoms with Gasteiger partial charge < -0.3 is 16.8 Å². The molecule has 19 heavy (non-hydrogen) atoms. The normalized spacial score (nSPS) is 12.7. The fourth-order valence-electron chi connectivity index (χ4n) is 2.21. The van der Waals surface area contributed by atoms with E-state index < -0.39 is 0 Å². The number of rotatable bonds is 7. The first-order chi connectivity index (χ1) is 9.31. The van der Waals surface area contributed by atoms with Crippen molar-refractivity contribution < 1.29 is 0 Å². The Morgan fingerprint density at radius 3 is 2.58 bits per heavy atom. The summed E-state index contributed by atoms with van der Waals surface area (Å²) in [6, 6.07) is 14.9. The Kier molecular flexibility index (Phi) is 5.33. The number of hydrogen-bond donors (Lipinski definition) is 3. The van der Waals surface area contributed by atoms with Crippen molar-refractivity contribution in [2.24, 2.45) is 11.5 Å². The predicted octanol–water partition coefficient (Wildman–Crippen LogP) is 2.17. The molecule has 0 heterocycles. The van der Waals surface area contributed by atoms with E-state index in [1.54, 1.807) is 0 Å². The lowest BCUT2D eigenvalue weighted by Crippen LogP contribution is -2.23. The van der Waals surface area contributed by atoms with Gasteiger partial charge in [-0.2, -0.15) is 0 Å². The van der Waals surface area contributed by atoms with E-state index >= 15 is 0 Å². The van der Waals surface area contributed by atoms with Gasteiger partial charge in [0.2, 0.25) is 0 Å². The number of benzene rings is 2. The van der Waals surface area contributed by atoms with Gasteiger partial charge in [-0.3, -0.25) is 0 Å². The largest absolute Gasteiger partial charge is 0.330 e. The van der Waals surface area contributed by atoms with E-state index in [-0.39, 0.29) is 6.04 Å². The molecule has 0 aromatic heterocycles. The molecule has 102 valence electrons. The first kappa shape index (κ1) is 14.0. The van der Waals surface area contributed by atoms with Crippen LogP contribution in [0.2, 0.25) is 0 Å². The van der Waals surface area contributed by atoms with E-state index in [0.717, 1.165) is 32.5 Å². The molecule has 3 nitrogen and oxygen atoms in total. The predicted molar refractivity (Wildman–Crippen MR) is 82.0 cm³/mol. The Morgan fingerprint density at radius 2 is 1.79 bits per heavy atom. The average Bonchev–Trinajstić information content (AvgIpc) is 2.46. The van der Waals surface area contributed by atoms with Gasteiger partial charge in [-0.15, -0.1) is 0 Å². The molecular formula is C16H23N3. The van der Waals surface area contributed by atoms with Crippen molar-refractivity contribution in [3.8, 4) is 0 Å². The number of nitrogens with one attached hydrogen (secondary N) is 1. The summed E-state index contributed by atoms with van der Waals surface area (Å²) in [5.74, 6) is 0. The van der Waals surface area contributed by atoms with Gasteiger partial charge in [0.25, 0.3) is 0 Å².